The monoisotopic (exact) mass is 358 g/mol. The van der Waals surface area contributed by atoms with Crippen LogP contribution in [0.2, 0.25) is 0 Å². The van der Waals surface area contributed by atoms with E-state index in [-0.39, 0.29) is 12.0 Å². The molecule has 0 heterocycles. The molecule has 140 valence electrons. The highest BCUT2D eigenvalue weighted by Crippen LogP contribution is 2.28. The Balaban J connectivity index is 1.84. The number of amides is 1. The summed E-state index contributed by atoms with van der Waals surface area (Å²) in [6.07, 6.45) is 0.444. The first-order valence-corrected chi connectivity index (χ1v) is 8.54. The van der Waals surface area contributed by atoms with Crippen LogP contribution in [0, 0.1) is 0 Å². The van der Waals surface area contributed by atoms with Gasteiger partial charge in [0, 0.05) is 24.7 Å². The Morgan fingerprint density at radius 1 is 1.00 bits per heavy atom. The fourth-order valence-corrected chi connectivity index (χ4v) is 2.38. The molecular weight excluding hydrogens is 332 g/mol. The second kappa shape index (κ2) is 9.56. The molecule has 2 aromatic carbocycles. The van der Waals surface area contributed by atoms with Crippen molar-refractivity contribution in [2.75, 3.05) is 31.4 Å². The van der Waals surface area contributed by atoms with Crippen molar-refractivity contribution in [2.45, 2.75) is 26.4 Å². The minimum atomic E-state index is -0.0723. The van der Waals surface area contributed by atoms with E-state index >= 15 is 0 Å². The van der Waals surface area contributed by atoms with Crippen molar-refractivity contribution in [1.29, 1.82) is 0 Å². The van der Waals surface area contributed by atoms with Gasteiger partial charge < -0.3 is 24.8 Å². The van der Waals surface area contributed by atoms with Gasteiger partial charge >= 0.3 is 0 Å². The molecule has 0 saturated heterocycles. The van der Waals surface area contributed by atoms with Crippen LogP contribution in [0.15, 0.2) is 42.5 Å². The van der Waals surface area contributed by atoms with Gasteiger partial charge in [0.2, 0.25) is 5.91 Å². The molecule has 0 aliphatic rings. The molecular formula is C20H26N2O4. The molecule has 6 nitrogen and oxygen atoms in total. The summed E-state index contributed by atoms with van der Waals surface area (Å²) in [5, 5.41) is 6.07. The van der Waals surface area contributed by atoms with Gasteiger partial charge in [0.25, 0.3) is 0 Å². The van der Waals surface area contributed by atoms with Crippen molar-refractivity contribution >= 4 is 17.3 Å². The van der Waals surface area contributed by atoms with E-state index in [9.17, 15) is 4.79 Å². The molecule has 0 unspecified atom stereocenters. The van der Waals surface area contributed by atoms with Crippen LogP contribution in [0.5, 0.6) is 17.2 Å². The van der Waals surface area contributed by atoms with Gasteiger partial charge in [-0.2, -0.15) is 0 Å². The Morgan fingerprint density at radius 2 is 1.69 bits per heavy atom. The summed E-state index contributed by atoms with van der Waals surface area (Å²) >= 11 is 0. The van der Waals surface area contributed by atoms with Gasteiger partial charge in [-0.1, -0.05) is 0 Å². The van der Waals surface area contributed by atoms with E-state index in [0.717, 1.165) is 22.9 Å². The Hall–Kier alpha value is -2.89. The van der Waals surface area contributed by atoms with Gasteiger partial charge in [-0.15, -0.1) is 0 Å². The average molecular weight is 358 g/mol. The van der Waals surface area contributed by atoms with Gasteiger partial charge in [0.1, 0.15) is 17.2 Å². The molecule has 2 aromatic rings. The van der Waals surface area contributed by atoms with E-state index in [1.165, 1.54) is 0 Å². The Kier molecular flexibility index (Phi) is 7.14. The molecule has 0 aromatic heterocycles. The number of benzene rings is 2. The SMILES string of the molecule is COc1ccc(OC)c(NCCC(=O)Nc2ccc(OC(C)C)cc2)c1. The van der Waals surface area contributed by atoms with Gasteiger partial charge in [-0.3, -0.25) is 4.79 Å². The first-order chi connectivity index (χ1) is 12.5. The summed E-state index contributed by atoms with van der Waals surface area (Å²) in [7, 11) is 3.21. The highest BCUT2D eigenvalue weighted by atomic mass is 16.5. The fraction of sp³-hybridized carbons (Fsp3) is 0.350. The topological polar surface area (TPSA) is 68.8 Å². The smallest absolute Gasteiger partial charge is 0.226 e. The largest absolute Gasteiger partial charge is 0.497 e. The zero-order chi connectivity index (χ0) is 18.9. The summed E-state index contributed by atoms with van der Waals surface area (Å²) in [6, 6.07) is 12.8. The standard InChI is InChI=1S/C20H26N2O4/c1-14(2)26-16-7-5-15(6-8-16)22-20(23)11-12-21-18-13-17(24-3)9-10-19(18)25-4/h5-10,13-14,21H,11-12H2,1-4H3,(H,22,23). The number of hydrogen-bond donors (Lipinski definition) is 2. The zero-order valence-corrected chi connectivity index (χ0v) is 15.7. The molecule has 0 spiro atoms. The lowest BCUT2D eigenvalue weighted by Gasteiger charge is -2.13. The van der Waals surface area contributed by atoms with Gasteiger partial charge in [0.15, 0.2) is 0 Å². The molecule has 0 radical (unpaired) electrons. The molecule has 0 bridgehead atoms. The third kappa shape index (κ3) is 5.88. The van der Waals surface area contributed by atoms with Crippen molar-refractivity contribution in [3.63, 3.8) is 0 Å². The van der Waals surface area contributed by atoms with Crippen LogP contribution in [-0.2, 0) is 4.79 Å². The lowest BCUT2D eigenvalue weighted by molar-refractivity contribution is -0.115. The fourth-order valence-electron chi connectivity index (χ4n) is 2.38. The third-order valence-electron chi connectivity index (χ3n) is 3.58. The number of anilines is 2. The Morgan fingerprint density at radius 3 is 2.31 bits per heavy atom. The van der Waals surface area contributed by atoms with E-state index in [2.05, 4.69) is 10.6 Å². The van der Waals surface area contributed by atoms with Crippen molar-refractivity contribution in [1.82, 2.24) is 0 Å². The number of methoxy groups -OCH3 is 2. The lowest BCUT2D eigenvalue weighted by atomic mass is 10.2. The summed E-state index contributed by atoms with van der Waals surface area (Å²) in [6.45, 7) is 4.42. The lowest BCUT2D eigenvalue weighted by Crippen LogP contribution is -2.16. The number of nitrogens with one attached hydrogen (secondary N) is 2. The Bertz CT molecular complexity index is 714. The molecule has 0 aliphatic heterocycles. The maximum absolute atomic E-state index is 12.1. The Labute approximate surface area is 154 Å². The van der Waals surface area contributed by atoms with Crippen LogP contribution >= 0.6 is 0 Å². The van der Waals surface area contributed by atoms with Crippen molar-refractivity contribution < 1.29 is 19.0 Å². The number of rotatable bonds is 9. The van der Waals surface area contributed by atoms with E-state index in [1.54, 1.807) is 14.2 Å². The zero-order valence-electron chi connectivity index (χ0n) is 15.7. The van der Waals surface area contributed by atoms with Gasteiger partial charge in [0.05, 0.1) is 26.0 Å². The third-order valence-corrected chi connectivity index (χ3v) is 3.58. The molecule has 0 aliphatic carbocycles. The number of carbonyl (C=O) groups excluding carboxylic acids is 1. The molecule has 6 heteroatoms. The van der Waals surface area contributed by atoms with E-state index in [4.69, 9.17) is 14.2 Å². The highest BCUT2D eigenvalue weighted by molar-refractivity contribution is 5.91. The normalized spacial score (nSPS) is 10.3. The van der Waals surface area contributed by atoms with Crippen LogP contribution in [-0.4, -0.2) is 32.8 Å². The van der Waals surface area contributed by atoms with E-state index in [1.807, 2.05) is 56.3 Å². The predicted octanol–water partition coefficient (Wildman–Crippen LogP) is 3.93. The number of hydrogen-bond acceptors (Lipinski definition) is 5. The van der Waals surface area contributed by atoms with Crippen LogP contribution in [0.1, 0.15) is 20.3 Å². The first-order valence-electron chi connectivity index (χ1n) is 8.54. The van der Waals surface area contributed by atoms with Crippen molar-refractivity contribution in [3.8, 4) is 17.2 Å². The van der Waals surface area contributed by atoms with Crippen molar-refractivity contribution in [2.24, 2.45) is 0 Å². The second-order valence-electron chi connectivity index (χ2n) is 5.98. The van der Waals surface area contributed by atoms with Crippen LogP contribution in [0.25, 0.3) is 0 Å². The number of ether oxygens (including phenoxy) is 3. The first kappa shape index (κ1) is 19.4. The molecule has 26 heavy (non-hydrogen) atoms. The average Bonchev–Trinajstić information content (AvgIpc) is 2.62. The van der Waals surface area contributed by atoms with Gasteiger partial charge in [-0.05, 0) is 50.2 Å². The van der Waals surface area contributed by atoms with Crippen LogP contribution < -0.4 is 24.8 Å². The summed E-state index contributed by atoms with van der Waals surface area (Å²) in [5.74, 6) is 2.13. The summed E-state index contributed by atoms with van der Waals surface area (Å²) in [4.78, 5) is 12.1. The molecule has 1 amide bonds. The summed E-state index contributed by atoms with van der Waals surface area (Å²) < 4.78 is 16.1. The summed E-state index contributed by atoms with van der Waals surface area (Å²) in [5.41, 5.74) is 1.53. The minimum Gasteiger partial charge on any atom is -0.497 e. The van der Waals surface area contributed by atoms with E-state index in [0.29, 0.717) is 18.7 Å². The van der Waals surface area contributed by atoms with E-state index < -0.39 is 0 Å². The maximum Gasteiger partial charge on any atom is 0.226 e. The van der Waals surface area contributed by atoms with Crippen LogP contribution in [0.3, 0.4) is 0 Å². The predicted molar refractivity (Wildman–Crippen MR) is 103 cm³/mol. The quantitative estimate of drug-likeness (QED) is 0.711. The molecule has 2 N–H and O–H groups in total. The molecule has 0 saturated carbocycles. The minimum absolute atomic E-state index is 0.0723. The van der Waals surface area contributed by atoms with Crippen LogP contribution in [0.4, 0.5) is 11.4 Å². The maximum atomic E-state index is 12.1. The highest BCUT2D eigenvalue weighted by Gasteiger charge is 2.07. The second-order valence-corrected chi connectivity index (χ2v) is 5.98. The van der Waals surface area contributed by atoms with Crippen molar-refractivity contribution in [3.05, 3.63) is 42.5 Å². The van der Waals surface area contributed by atoms with Gasteiger partial charge in [-0.25, -0.2) is 0 Å². The molecule has 0 fully saturated rings. The molecule has 0 atom stereocenters. The molecule has 2 rings (SSSR count). The number of carbonyl (C=O) groups is 1.